The van der Waals surface area contributed by atoms with Gasteiger partial charge in [-0.1, -0.05) is 98.8 Å². The number of fused-ring (bicyclic) bond motifs is 6. The predicted molar refractivity (Wildman–Crippen MR) is 276 cm³/mol. The van der Waals surface area contributed by atoms with Crippen molar-refractivity contribution in [1.82, 2.24) is 40.2 Å². The summed E-state index contributed by atoms with van der Waals surface area (Å²) in [4.78, 5) is 36.0. The van der Waals surface area contributed by atoms with E-state index in [4.69, 9.17) is 42.7 Å². The zero-order chi connectivity index (χ0) is 49.0. The molecule has 0 aliphatic carbocycles. The van der Waals surface area contributed by atoms with Crippen molar-refractivity contribution in [3.8, 4) is 22.9 Å². The van der Waals surface area contributed by atoms with E-state index in [0.717, 1.165) is 93.9 Å². The molecular weight excluding hydrogens is 924 g/mol. The van der Waals surface area contributed by atoms with E-state index in [1.807, 2.05) is 122 Å². The smallest absolute Gasteiger partial charge is 0.222 e. The molecule has 16 heteroatoms. The number of ether oxygens (including phenoxy) is 2. The first-order chi connectivity index (χ1) is 34.1. The van der Waals surface area contributed by atoms with Gasteiger partial charge in [0, 0.05) is 45.4 Å². The second-order valence-corrected chi connectivity index (χ2v) is 18.7. The van der Waals surface area contributed by atoms with Gasteiger partial charge in [0.1, 0.15) is 35.2 Å². The van der Waals surface area contributed by atoms with Gasteiger partial charge in [-0.2, -0.15) is 0 Å². The third-order valence-electron chi connectivity index (χ3n) is 12.6. The van der Waals surface area contributed by atoms with Gasteiger partial charge in [0.2, 0.25) is 11.8 Å². The number of carbonyl (C=O) groups excluding carboxylic acids is 2. The lowest BCUT2D eigenvalue weighted by Crippen LogP contribution is -2.25. The van der Waals surface area contributed by atoms with Crippen LogP contribution >= 0.6 is 23.2 Å². The molecule has 4 heterocycles. The Hall–Kier alpha value is -6.38. The quantitative estimate of drug-likeness (QED) is 0.0599. The number of nitrogens with zero attached hydrogens (tertiary/aromatic N) is 8. The molecule has 366 valence electrons. The first-order valence-electron chi connectivity index (χ1n) is 24.7. The Kier molecular flexibility index (Phi) is 17.1. The summed E-state index contributed by atoms with van der Waals surface area (Å²) < 4.78 is 16.7. The van der Waals surface area contributed by atoms with Crippen LogP contribution in [0.1, 0.15) is 149 Å². The molecule has 0 fully saturated rings. The molecule has 2 N–H and O–H groups in total. The number of aryl methyl sites for hydroxylation is 2. The van der Waals surface area contributed by atoms with Crippen molar-refractivity contribution in [3.05, 3.63) is 141 Å². The van der Waals surface area contributed by atoms with Crippen molar-refractivity contribution < 1.29 is 19.1 Å². The highest BCUT2D eigenvalue weighted by Gasteiger charge is 2.32. The standard InChI is InChI=1S/C54H62Cl2N10O4/c1-5-57-49(67)33-45-53-63-61-35(3)65(53)47-27-25-41(31-43(47)51(59-45)37-17-21-39(55)22-18-37)69-29-15-13-11-9-7-8-10-12-14-16-30-70-42-26-28-48-44(32-42)52(38-19-23-40(56)24-20-38)60-46(34-50(68)58-6-2)54-64-62-36(4)66(48)54/h17-28,31-32,45-46H,5-16,29-30,33-34H2,1-4H3,(H,57,67)(H,58,68)/t45-,46-/m0/s1. The van der Waals surface area contributed by atoms with Gasteiger partial charge in [0.25, 0.3) is 0 Å². The second kappa shape index (κ2) is 24.0. The molecule has 2 aromatic heterocycles. The number of unbranched alkanes of at least 4 members (excludes halogenated alkanes) is 9. The average molecular weight is 986 g/mol. The van der Waals surface area contributed by atoms with Crippen molar-refractivity contribution in [2.45, 2.75) is 117 Å². The number of carbonyl (C=O) groups is 2. The summed E-state index contributed by atoms with van der Waals surface area (Å²) in [5.41, 5.74) is 6.83. The Bertz CT molecular complexity index is 2630. The van der Waals surface area contributed by atoms with E-state index >= 15 is 0 Å². The SMILES string of the molecule is CCNC(=O)C[C@@H]1N=C(c2ccc(Cl)cc2)c2cc(OCCCCCCCCCCCCOc3ccc4c(c3)C(c3ccc(Cl)cc3)=N[C@@H](CC(=O)NCC)c3nnc(C)n3-4)ccc2-n2c(C)nnc21. The molecule has 0 bridgehead atoms. The number of hydrogen-bond donors (Lipinski definition) is 2. The predicted octanol–water partition coefficient (Wildman–Crippen LogP) is 11.0. The van der Waals surface area contributed by atoms with E-state index in [0.29, 0.717) is 48.0 Å². The van der Waals surface area contributed by atoms with E-state index in [2.05, 4.69) is 31.0 Å². The minimum atomic E-state index is -0.528. The lowest BCUT2D eigenvalue weighted by molar-refractivity contribution is -0.122. The number of rotatable bonds is 23. The minimum absolute atomic E-state index is 0.0940. The Balaban J connectivity index is 0.779. The third kappa shape index (κ3) is 12.1. The van der Waals surface area contributed by atoms with E-state index in [1.165, 1.54) is 38.5 Å². The lowest BCUT2D eigenvalue weighted by atomic mass is 10.00. The Morgan fingerprint density at radius 3 is 1.27 bits per heavy atom. The summed E-state index contributed by atoms with van der Waals surface area (Å²) in [6, 6.07) is 26.3. The lowest BCUT2D eigenvalue weighted by Gasteiger charge is -2.15. The monoisotopic (exact) mass is 984 g/mol. The van der Waals surface area contributed by atoms with E-state index in [-0.39, 0.29) is 24.7 Å². The summed E-state index contributed by atoms with van der Waals surface area (Å²) in [5, 5.41) is 24.8. The summed E-state index contributed by atoms with van der Waals surface area (Å²) in [7, 11) is 0. The molecule has 6 aromatic rings. The molecule has 14 nitrogen and oxygen atoms in total. The molecule has 2 aliphatic heterocycles. The summed E-state index contributed by atoms with van der Waals surface area (Å²) in [5.74, 6) is 4.04. The van der Waals surface area contributed by atoms with Crippen LogP contribution < -0.4 is 20.1 Å². The number of amides is 2. The molecule has 0 unspecified atom stereocenters. The van der Waals surface area contributed by atoms with E-state index in [9.17, 15) is 9.59 Å². The maximum atomic E-state index is 12.8. The fraction of sp³-hybridized carbons (Fsp3) is 0.407. The van der Waals surface area contributed by atoms with Crippen molar-refractivity contribution in [2.24, 2.45) is 9.98 Å². The van der Waals surface area contributed by atoms with Crippen molar-refractivity contribution in [1.29, 1.82) is 0 Å². The third-order valence-corrected chi connectivity index (χ3v) is 13.1. The topological polar surface area (TPSA) is 163 Å². The number of nitrogens with one attached hydrogen (secondary N) is 2. The number of hydrogen-bond acceptors (Lipinski definition) is 10. The van der Waals surface area contributed by atoms with E-state index in [1.54, 1.807) is 0 Å². The van der Waals surface area contributed by atoms with Crippen LogP contribution in [0.5, 0.6) is 11.5 Å². The van der Waals surface area contributed by atoms with Gasteiger partial charge < -0.3 is 20.1 Å². The highest BCUT2D eigenvalue weighted by atomic mass is 35.5. The summed E-state index contributed by atoms with van der Waals surface area (Å²) in [6.07, 6.45) is 11.7. The Morgan fingerprint density at radius 2 is 0.900 bits per heavy atom. The van der Waals surface area contributed by atoms with Crippen LogP contribution in [0.25, 0.3) is 11.4 Å². The average Bonchev–Trinajstić information content (AvgIpc) is 3.86. The Morgan fingerprint density at radius 1 is 0.529 bits per heavy atom. The van der Waals surface area contributed by atoms with Crippen molar-refractivity contribution >= 4 is 46.4 Å². The van der Waals surface area contributed by atoms with Gasteiger partial charge in [-0.25, -0.2) is 0 Å². The number of aliphatic imine (C=N–C) groups is 2. The van der Waals surface area contributed by atoms with Gasteiger partial charge in [0.05, 0.1) is 48.9 Å². The number of aromatic nitrogens is 6. The van der Waals surface area contributed by atoms with Crippen LogP contribution in [0.3, 0.4) is 0 Å². The molecule has 0 saturated carbocycles. The second-order valence-electron chi connectivity index (χ2n) is 17.8. The maximum absolute atomic E-state index is 12.8. The van der Waals surface area contributed by atoms with Gasteiger partial charge >= 0.3 is 0 Å². The number of benzene rings is 4. The Labute approximate surface area is 420 Å². The van der Waals surface area contributed by atoms with Crippen LogP contribution in [0.2, 0.25) is 10.0 Å². The highest BCUT2D eigenvalue weighted by Crippen LogP contribution is 2.37. The molecule has 4 aromatic carbocycles. The number of halogens is 2. The van der Waals surface area contributed by atoms with Gasteiger partial charge in [-0.15, -0.1) is 20.4 Å². The largest absolute Gasteiger partial charge is 0.494 e. The van der Waals surface area contributed by atoms with Crippen LogP contribution in [0.15, 0.2) is 94.9 Å². The minimum Gasteiger partial charge on any atom is -0.494 e. The molecule has 2 atom stereocenters. The molecule has 70 heavy (non-hydrogen) atoms. The zero-order valence-corrected chi connectivity index (χ0v) is 42.0. The summed E-state index contributed by atoms with van der Waals surface area (Å²) in [6.45, 7) is 9.95. The molecular formula is C54H62Cl2N10O4. The molecule has 2 aliphatic rings. The maximum Gasteiger partial charge on any atom is 0.222 e. The molecule has 2 amide bonds. The fourth-order valence-electron chi connectivity index (χ4n) is 9.17. The first kappa shape index (κ1) is 50.0. The van der Waals surface area contributed by atoms with Gasteiger partial charge in [-0.3, -0.25) is 28.7 Å². The van der Waals surface area contributed by atoms with Crippen LogP contribution in [-0.2, 0) is 9.59 Å². The summed E-state index contributed by atoms with van der Waals surface area (Å²) >= 11 is 12.6. The molecule has 0 saturated heterocycles. The fourth-order valence-corrected chi connectivity index (χ4v) is 9.42. The van der Waals surface area contributed by atoms with Gasteiger partial charge in [0.15, 0.2) is 11.6 Å². The van der Waals surface area contributed by atoms with Crippen molar-refractivity contribution in [2.75, 3.05) is 26.3 Å². The van der Waals surface area contributed by atoms with Crippen LogP contribution in [0, 0.1) is 13.8 Å². The zero-order valence-electron chi connectivity index (χ0n) is 40.5. The molecule has 0 spiro atoms. The first-order valence-corrected chi connectivity index (χ1v) is 25.5. The highest BCUT2D eigenvalue weighted by molar-refractivity contribution is 6.31. The van der Waals surface area contributed by atoms with Gasteiger partial charge in [-0.05, 0) is 101 Å². The van der Waals surface area contributed by atoms with Crippen LogP contribution in [0.4, 0.5) is 0 Å². The molecule has 0 radical (unpaired) electrons. The van der Waals surface area contributed by atoms with E-state index < -0.39 is 12.1 Å². The normalized spacial score (nSPS) is 14.8. The van der Waals surface area contributed by atoms with Crippen LogP contribution in [-0.4, -0.2) is 79.1 Å². The van der Waals surface area contributed by atoms with Crippen molar-refractivity contribution in [3.63, 3.8) is 0 Å². The molecule has 8 rings (SSSR count).